The number of nitrogens with zero attached hydrogens (tertiary/aromatic N) is 3. The van der Waals surface area contributed by atoms with E-state index in [1.54, 1.807) is 0 Å². The predicted octanol–water partition coefficient (Wildman–Crippen LogP) is 2.86. The lowest BCUT2D eigenvalue weighted by Gasteiger charge is -2.29. The predicted molar refractivity (Wildman–Crippen MR) is 90.0 cm³/mol. The van der Waals surface area contributed by atoms with E-state index in [0.717, 1.165) is 25.1 Å². The van der Waals surface area contributed by atoms with Gasteiger partial charge in [0.1, 0.15) is 5.04 Å². The van der Waals surface area contributed by atoms with Crippen molar-refractivity contribution in [3.05, 3.63) is 42.0 Å². The Balaban J connectivity index is 1.69. The summed E-state index contributed by atoms with van der Waals surface area (Å²) in [4.78, 5) is 32.8. The summed E-state index contributed by atoms with van der Waals surface area (Å²) >= 11 is 1.23. The molecule has 0 radical (unpaired) electrons. The van der Waals surface area contributed by atoms with Crippen LogP contribution in [0.2, 0.25) is 0 Å². The molecule has 112 valence electrons. The molecule has 0 aliphatic carbocycles. The Morgan fingerprint density at radius 3 is 3.05 bits per heavy atom. The van der Waals surface area contributed by atoms with Crippen LogP contribution in [0.5, 0.6) is 0 Å². The van der Waals surface area contributed by atoms with Gasteiger partial charge in [0.25, 0.3) is 0 Å². The van der Waals surface area contributed by atoms with Crippen LogP contribution in [-0.4, -0.2) is 35.5 Å². The van der Waals surface area contributed by atoms with Crippen LogP contribution in [0.1, 0.15) is 12.0 Å². The maximum atomic E-state index is 12.5. The number of fused-ring (bicyclic) bond motifs is 1. The number of hydrogen-bond donors (Lipinski definition) is 0. The number of aliphatic imine (C=N–C) groups is 2. The van der Waals surface area contributed by atoms with Crippen LogP contribution in [0.15, 0.2) is 46.4 Å². The number of anilines is 1. The summed E-state index contributed by atoms with van der Waals surface area (Å²) in [6, 6.07) is 7.42. The molecule has 0 atom stereocenters. The molecule has 5 nitrogen and oxygen atoms in total. The van der Waals surface area contributed by atoms with Crippen molar-refractivity contribution in [3.8, 4) is 0 Å². The number of thioether (sulfide) groups is 1. The first-order valence-corrected chi connectivity index (χ1v) is 8.01. The number of benzene rings is 1. The second-order valence-corrected chi connectivity index (χ2v) is 6.01. The fourth-order valence-corrected chi connectivity index (χ4v) is 3.30. The van der Waals surface area contributed by atoms with Crippen molar-refractivity contribution in [2.75, 3.05) is 17.2 Å². The second kappa shape index (κ2) is 6.27. The number of hydrogen-bond acceptors (Lipinski definition) is 3. The number of rotatable bonds is 2. The largest absolute Gasteiger partial charge is 0.368 e. The lowest BCUT2D eigenvalue weighted by Crippen LogP contribution is -2.37. The van der Waals surface area contributed by atoms with Crippen molar-refractivity contribution in [3.63, 3.8) is 0 Å². The highest BCUT2D eigenvalue weighted by Gasteiger charge is 2.23. The molecule has 0 aromatic heterocycles. The number of carbonyl (C=O) groups excluding carboxylic acids is 2. The maximum absolute atomic E-state index is 12.5. The number of urea groups is 1. The summed E-state index contributed by atoms with van der Waals surface area (Å²) in [6.45, 7) is 4.50. The van der Waals surface area contributed by atoms with Gasteiger partial charge in [-0.3, -0.25) is 4.79 Å². The summed E-state index contributed by atoms with van der Waals surface area (Å²) < 4.78 is 0. The number of para-hydroxylation sites is 1. The lowest BCUT2D eigenvalue weighted by molar-refractivity contribution is -0.116. The summed E-state index contributed by atoms with van der Waals surface area (Å²) in [6.07, 6.45) is 3.35. The Morgan fingerprint density at radius 1 is 1.36 bits per heavy atom. The van der Waals surface area contributed by atoms with E-state index >= 15 is 0 Å². The van der Waals surface area contributed by atoms with Crippen molar-refractivity contribution < 1.29 is 9.59 Å². The molecule has 2 aliphatic rings. The zero-order valence-corrected chi connectivity index (χ0v) is 12.8. The molecule has 3 rings (SSSR count). The quantitative estimate of drug-likeness (QED) is 0.843. The van der Waals surface area contributed by atoms with Gasteiger partial charge in [0.15, 0.2) is 0 Å². The molecular weight excluding hydrogens is 298 g/mol. The normalized spacial score (nSPS) is 17.3. The van der Waals surface area contributed by atoms with Gasteiger partial charge in [-0.2, -0.15) is 9.98 Å². The molecule has 0 fully saturated rings. The van der Waals surface area contributed by atoms with E-state index < -0.39 is 6.03 Å². The summed E-state index contributed by atoms with van der Waals surface area (Å²) in [7, 11) is 0. The van der Waals surface area contributed by atoms with Crippen LogP contribution < -0.4 is 4.90 Å². The van der Waals surface area contributed by atoms with Crippen LogP contribution >= 0.6 is 11.8 Å². The van der Waals surface area contributed by atoms with Gasteiger partial charge < -0.3 is 4.90 Å². The highest BCUT2D eigenvalue weighted by Crippen LogP contribution is 2.27. The van der Waals surface area contributed by atoms with E-state index in [0.29, 0.717) is 10.6 Å². The molecule has 0 saturated heterocycles. The van der Waals surface area contributed by atoms with E-state index in [1.165, 1.54) is 23.5 Å². The van der Waals surface area contributed by atoms with E-state index in [4.69, 9.17) is 0 Å². The summed E-state index contributed by atoms with van der Waals surface area (Å²) in [5.74, 6) is 0.246. The average molecular weight is 313 g/mol. The first-order valence-electron chi connectivity index (χ1n) is 7.02. The van der Waals surface area contributed by atoms with Gasteiger partial charge in [0, 0.05) is 24.0 Å². The molecule has 2 heterocycles. The van der Waals surface area contributed by atoms with Crippen LogP contribution in [0, 0.1) is 0 Å². The molecule has 22 heavy (non-hydrogen) atoms. The van der Waals surface area contributed by atoms with Gasteiger partial charge in [-0.15, -0.1) is 0 Å². The molecule has 1 aromatic rings. The van der Waals surface area contributed by atoms with Crippen LogP contribution in [-0.2, 0) is 11.2 Å². The van der Waals surface area contributed by atoms with E-state index in [2.05, 4.69) is 22.6 Å². The third-order valence-electron chi connectivity index (χ3n) is 3.55. The average Bonchev–Trinajstić information content (AvgIpc) is 2.55. The molecule has 0 unspecified atom stereocenters. The third-order valence-corrected chi connectivity index (χ3v) is 4.56. The third kappa shape index (κ3) is 3.01. The molecule has 6 heteroatoms. The number of carbonyl (C=O) groups is 2. The minimum Gasteiger partial charge on any atom is -0.311 e. The standard InChI is InChI=1S/C16H15N3O2S/c1-11-9-17-16(21)18-15(11)22-10-14(20)19-8-4-6-12-5-2-3-7-13(12)19/h2-3,5,7,9H,1,4,6,8,10H2. The van der Waals surface area contributed by atoms with Gasteiger partial charge in [-0.05, 0) is 24.5 Å². The topological polar surface area (TPSA) is 62.1 Å². The second-order valence-electron chi connectivity index (χ2n) is 5.05. The summed E-state index contributed by atoms with van der Waals surface area (Å²) in [5.41, 5.74) is 2.76. The first-order chi connectivity index (χ1) is 10.6. The Kier molecular flexibility index (Phi) is 4.20. The first kappa shape index (κ1) is 14.7. The van der Waals surface area contributed by atoms with E-state index in [9.17, 15) is 9.59 Å². The van der Waals surface area contributed by atoms with Crippen molar-refractivity contribution in [1.29, 1.82) is 0 Å². The molecule has 0 bridgehead atoms. The van der Waals surface area contributed by atoms with Crippen molar-refractivity contribution >= 4 is 40.6 Å². The maximum Gasteiger partial charge on any atom is 0.368 e. The van der Waals surface area contributed by atoms with Crippen molar-refractivity contribution in [1.82, 2.24) is 0 Å². The monoisotopic (exact) mass is 313 g/mol. The smallest absolute Gasteiger partial charge is 0.311 e. The molecule has 2 aliphatic heterocycles. The Bertz CT molecular complexity index is 709. The molecular formula is C16H15N3O2S. The van der Waals surface area contributed by atoms with Gasteiger partial charge >= 0.3 is 6.03 Å². The summed E-state index contributed by atoms with van der Waals surface area (Å²) in [5, 5.41) is 0.471. The molecule has 0 N–H and O–H groups in total. The van der Waals surface area contributed by atoms with Crippen LogP contribution in [0.3, 0.4) is 0 Å². The molecule has 3 amide bonds. The zero-order valence-electron chi connectivity index (χ0n) is 12.0. The van der Waals surface area contributed by atoms with Crippen LogP contribution in [0.25, 0.3) is 0 Å². The Hall–Kier alpha value is -2.21. The van der Waals surface area contributed by atoms with Gasteiger partial charge in [0.05, 0.1) is 5.75 Å². The van der Waals surface area contributed by atoms with Crippen molar-refractivity contribution in [2.24, 2.45) is 9.98 Å². The van der Waals surface area contributed by atoms with Gasteiger partial charge in [-0.1, -0.05) is 36.5 Å². The molecule has 0 spiro atoms. The lowest BCUT2D eigenvalue weighted by atomic mass is 10.0. The van der Waals surface area contributed by atoms with Gasteiger partial charge in [-0.25, -0.2) is 4.79 Å². The molecule has 0 saturated carbocycles. The Labute approximate surface area is 132 Å². The SMILES string of the molecule is C=C1C=NC(=O)N=C1SCC(=O)N1CCCc2ccccc21. The highest BCUT2D eigenvalue weighted by atomic mass is 32.2. The fraction of sp³-hybridized carbons (Fsp3) is 0.250. The minimum atomic E-state index is -0.550. The van der Waals surface area contributed by atoms with Crippen molar-refractivity contribution in [2.45, 2.75) is 12.8 Å². The highest BCUT2D eigenvalue weighted by molar-refractivity contribution is 8.15. The number of aryl methyl sites for hydroxylation is 1. The molecule has 1 aromatic carbocycles. The van der Waals surface area contributed by atoms with E-state index in [1.807, 2.05) is 23.1 Å². The minimum absolute atomic E-state index is 0.0163. The van der Waals surface area contributed by atoms with E-state index in [-0.39, 0.29) is 11.7 Å². The Morgan fingerprint density at radius 2 is 2.18 bits per heavy atom. The van der Waals surface area contributed by atoms with Crippen LogP contribution in [0.4, 0.5) is 10.5 Å². The fourth-order valence-electron chi connectivity index (χ4n) is 2.50. The van der Waals surface area contributed by atoms with Gasteiger partial charge in [0.2, 0.25) is 5.91 Å². The zero-order chi connectivity index (χ0) is 15.5. The number of amides is 3.